The molecule has 0 saturated carbocycles. The zero-order valence-corrected chi connectivity index (χ0v) is 16.0. The molecular weight excluding hydrogens is 386 g/mol. The molecule has 0 aliphatic rings. The van der Waals surface area contributed by atoms with Crippen molar-refractivity contribution in [2.45, 2.75) is 13.5 Å². The molecule has 7 nitrogen and oxygen atoms in total. The largest absolute Gasteiger partial charge is 0.489 e. The first-order chi connectivity index (χ1) is 14.5. The van der Waals surface area contributed by atoms with Crippen LogP contribution in [0.25, 0.3) is 11.0 Å². The van der Waals surface area contributed by atoms with Crippen LogP contribution in [0, 0.1) is 17.0 Å². The summed E-state index contributed by atoms with van der Waals surface area (Å²) in [5, 5.41) is 11.1. The lowest BCUT2D eigenvalue weighted by atomic mass is 10.2. The van der Waals surface area contributed by atoms with E-state index < -0.39 is 4.92 Å². The molecule has 0 aliphatic carbocycles. The van der Waals surface area contributed by atoms with Crippen LogP contribution in [0.1, 0.15) is 11.3 Å². The van der Waals surface area contributed by atoms with E-state index in [1.165, 1.54) is 12.1 Å². The van der Waals surface area contributed by atoms with Crippen molar-refractivity contribution in [3.8, 4) is 17.2 Å². The van der Waals surface area contributed by atoms with E-state index in [0.717, 1.165) is 5.56 Å². The lowest BCUT2D eigenvalue weighted by Crippen LogP contribution is -2.07. The third-order valence-electron chi connectivity index (χ3n) is 4.50. The quantitative estimate of drug-likeness (QED) is 0.317. The van der Waals surface area contributed by atoms with Crippen LogP contribution >= 0.6 is 0 Å². The predicted molar refractivity (Wildman–Crippen MR) is 111 cm³/mol. The van der Waals surface area contributed by atoms with E-state index in [-0.39, 0.29) is 23.5 Å². The normalized spacial score (nSPS) is 10.7. The molecule has 4 aromatic rings. The average Bonchev–Trinajstić information content (AvgIpc) is 2.76. The summed E-state index contributed by atoms with van der Waals surface area (Å²) in [6, 6.07) is 20.1. The molecule has 0 N–H and O–H groups in total. The first-order valence-corrected chi connectivity index (χ1v) is 9.18. The average molecular weight is 403 g/mol. The lowest BCUT2D eigenvalue weighted by Gasteiger charge is -2.10. The molecular formula is C23H17NO6. The summed E-state index contributed by atoms with van der Waals surface area (Å²) in [6.45, 7) is 1.89. The van der Waals surface area contributed by atoms with E-state index in [4.69, 9.17) is 13.9 Å². The molecule has 0 radical (unpaired) electrons. The van der Waals surface area contributed by atoms with E-state index in [2.05, 4.69) is 0 Å². The minimum atomic E-state index is -0.450. The molecule has 0 fully saturated rings. The van der Waals surface area contributed by atoms with Gasteiger partial charge in [0.1, 0.15) is 29.4 Å². The first kappa shape index (κ1) is 19.2. The van der Waals surface area contributed by atoms with Crippen LogP contribution in [0.2, 0.25) is 0 Å². The topological polar surface area (TPSA) is 91.8 Å². The maximum absolute atomic E-state index is 12.9. The maximum Gasteiger partial charge on any atom is 0.269 e. The highest BCUT2D eigenvalue weighted by Crippen LogP contribution is 2.27. The standard InChI is InChI=1S/C23H17NO6/c1-15-23(30-18-5-3-2-4-6-18)22(25)20-12-11-19(13-21(20)29-15)28-14-16-7-9-17(10-8-16)24(26)27/h2-13H,14H2,1H3. The minimum absolute atomic E-state index is 0.0234. The Morgan fingerprint density at radius 1 is 0.967 bits per heavy atom. The summed E-state index contributed by atoms with van der Waals surface area (Å²) >= 11 is 0. The Bertz CT molecular complexity index is 1260. The molecule has 0 aliphatic heterocycles. The molecule has 4 rings (SSSR count). The van der Waals surface area contributed by atoms with Crippen molar-refractivity contribution in [2.24, 2.45) is 0 Å². The fourth-order valence-electron chi connectivity index (χ4n) is 2.96. The van der Waals surface area contributed by atoms with Gasteiger partial charge in [0.15, 0.2) is 0 Å². The highest BCUT2D eigenvalue weighted by atomic mass is 16.6. The van der Waals surface area contributed by atoms with Gasteiger partial charge in [0.05, 0.1) is 10.3 Å². The van der Waals surface area contributed by atoms with Crippen LogP contribution in [-0.4, -0.2) is 4.92 Å². The van der Waals surface area contributed by atoms with Gasteiger partial charge in [0.2, 0.25) is 11.2 Å². The maximum atomic E-state index is 12.9. The number of para-hydroxylation sites is 1. The van der Waals surface area contributed by atoms with E-state index in [1.54, 1.807) is 49.4 Å². The molecule has 0 amide bonds. The van der Waals surface area contributed by atoms with Gasteiger partial charge in [-0.3, -0.25) is 14.9 Å². The monoisotopic (exact) mass is 403 g/mol. The van der Waals surface area contributed by atoms with E-state index in [9.17, 15) is 14.9 Å². The fraction of sp³-hybridized carbons (Fsp3) is 0.0870. The summed E-state index contributed by atoms with van der Waals surface area (Å²) in [5.74, 6) is 1.58. The Hall–Kier alpha value is -4.13. The number of nitro groups is 1. The molecule has 150 valence electrons. The number of hydrogen-bond donors (Lipinski definition) is 0. The van der Waals surface area contributed by atoms with Crippen LogP contribution < -0.4 is 14.9 Å². The number of nitro benzene ring substituents is 1. The van der Waals surface area contributed by atoms with Crippen LogP contribution in [0.5, 0.6) is 17.2 Å². The molecule has 1 aromatic heterocycles. The van der Waals surface area contributed by atoms with E-state index >= 15 is 0 Å². The molecule has 3 aromatic carbocycles. The number of fused-ring (bicyclic) bond motifs is 1. The third kappa shape index (κ3) is 4.00. The highest BCUT2D eigenvalue weighted by Gasteiger charge is 2.14. The molecule has 0 atom stereocenters. The molecule has 30 heavy (non-hydrogen) atoms. The van der Waals surface area contributed by atoms with Crippen molar-refractivity contribution in [2.75, 3.05) is 0 Å². The number of nitrogens with zero attached hydrogens (tertiary/aromatic N) is 1. The number of rotatable bonds is 6. The van der Waals surface area contributed by atoms with Gasteiger partial charge in [-0.15, -0.1) is 0 Å². The van der Waals surface area contributed by atoms with Crippen molar-refractivity contribution in [3.05, 3.63) is 104 Å². The van der Waals surface area contributed by atoms with Crippen molar-refractivity contribution in [1.82, 2.24) is 0 Å². The second-order valence-electron chi connectivity index (χ2n) is 6.60. The highest BCUT2D eigenvalue weighted by molar-refractivity contribution is 5.79. The van der Waals surface area contributed by atoms with E-state index in [0.29, 0.717) is 28.2 Å². The summed E-state index contributed by atoms with van der Waals surface area (Å²) < 4.78 is 17.3. The van der Waals surface area contributed by atoms with Gasteiger partial charge in [0.25, 0.3) is 5.69 Å². The summed E-state index contributed by atoms with van der Waals surface area (Å²) in [7, 11) is 0. The van der Waals surface area contributed by atoms with Crippen molar-refractivity contribution < 1.29 is 18.8 Å². The van der Waals surface area contributed by atoms with Gasteiger partial charge in [-0.2, -0.15) is 0 Å². The van der Waals surface area contributed by atoms with Crippen LogP contribution in [0.15, 0.2) is 82.0 Å². The Kier molecular flexibility index (Phi) is 5.17. The van der Waals surface area contributed by atoms with E-state index in [1.807, 2.05) is 18.2 Å². The van der Waals surface area contributed by atoms with Gasteiger partial charge in [-0.1, -0.05) is 18.2 Å². The van der Waals surface area contributed by atoms with Gasteiger partial charge in [-0.05, 0) is 48.9 Å². The smallest absolute Gasteiger partial charge is 0.269 e. The summed E-state index contributed by atoms with van der Waals surface area (Å²) in [4.78, 5) is 23.1. The van der Waals surface area contributed by atoms with Gasteiger partial charge >= 0.3 is 0 Å². The molecule has 0 saturated heterocycles. The zero-order valence-electron chi connectivity index (χ0n) is 16.0. The summed E-state index contributed by atoms with van der Waals surface area (Å²) in [6.07, 6.45) is 0. The zero-order chi connectivity index (χ0) is 21.1. The Morgan fingerprint density at radius 3 is 2.40 bits per heavy atom. The second kappa shape index (κ2) is 8.08. The lowest BCUT2D eigenvalue weighted by molar-refractivity contribution is -0.384. The number of benzene rings is 3. The number of non-ortho nitro benzene ring substituents is 1. The Balaban J connectivity index is 1.56. The predicted octanol–water partition coefficient (Wildman–Crippen LogP) is 5.38. The second-order valence-corrected chi connectivity index (χ2v) is 6.60. The van der Waals surface area contributed by atoms with Crippen LogP contribution in [0.3, 0.4) is 0 Å². The van der Waals surface area contributed by atoms with Crippen molar-refractivity contribution in [1.29, 1.82) is 0 Å². The fourth-order valence-corrected chi connectivity index (χ4v) is 2.96. The number of aryl methyl sites for hydroxylation is 1. The van der Waals surface area contributed by atoms with Gasteiger partial charge < -0.3 is 13.9 Å². The first-order valence-electron chi connectivity index (χ1n) is 9.18. The van der Waals surface area contributed by atoms with Crippen molar-refractivity contribution in [3.63, 3.8) is 0 Å². The van der Waals surface area contributed by atoms with Crippen LogP contribution in [-0.2, 0) is 6.61 Å². The molecule has 0 unspecified atom stereocenters. The Morgan fingerprint density at radius 2 is 1.70 bits per heavy atom. The number of hydrogen-bond acceptors (Lipinski definition) is 6. The van der Waals surface area contributed by atoms with Gasteiger partial charge in [-0.25, -0.2) is 0 Å². The SMILES string of the molecule is Cc1oc2cc(OCc3ccc([N+](=O)[O-])cc3)ccc2c(=O)c1Oc1ccccc1. The molecule has 0 spiro atoms. The molecule has 7 heteroatoms. The summed E-state index contributed by atoms with van der Waals surface area (Å²) in [5.41, 5.74) is 0.929. The number of ether oxygens (including phenoxy) is 2. The van der Waals surface area contributed by atoms with Gasteiger partial charge in [0, 0.05) is 18.2 Å². The molecule has 1 heterocycles. The Labute approximate surface area is 171 Å². The minimum Gasteiger partial charge on any atom is -0.489 e. The van der Waals surface area contributed by atoms with Crippen molar-refractivity contribution >= 4 is 16.7 Å². The third-order valence-corrected chi connectivity index (χ3v) is 4.50. The van der Waals surface area contributed by atoms with Crippen LogP contribution in [0.4, 0.5) is 5.69 Å². The molecule has 0 bridgehead atoms.